The van der Waals surface area contributed by atoms with Gasteiger partial charge >= 0.3 is 0 Å². The Morgan fingerprint density at radius 3 is 2.22 bits per heavy atom. The topological polar surface area (TPSA) is 77.9 Å². The molecule has 1 aliphatic heterocycles. The minimum absolute atomic E-state index is 0.0556. The molecule has 3 rings (SSSR count). The number of phenols is 1. The SMILES string of the molecule is O=C(c1cc(Br)ccc1O)N1CCN(S(=O)(=O)c2c(Cl)cccc2Cl)CC1. The maximum atomic E-state index is 12.9. The van der Waals surface area contributed by atoms with Gasteiger partial charge in [0.1, 0.15) is 10.6 Å². The third-order valence-corrected chi connectivity index (χ3v) is 7.58. The van der Waals surface area contributed by atoms with Crippen LogP contribution in [0.5, 0.6) is 5.75 Å². The van der Waals surface area contributed by atoms with Crippen molar-refractivity contribution in [3.63, 3.8) is 0 Å². The van der Waals surface area contributed by atoms with Gasteiger partial charge in [-0.2, -0.15) is 4.31 Å². The average Bonchev–Trinajstić information content (AvgIpc) is 2.63. The molecule has 0 saturated carbocycles. The number of nitrogens with zero attached hydrogens (tertiary/aromatic N) is 2. The zero-order valence-electron chi connectivity index (χ0n) is 13.9. The Morgan fingerprint density at radius 1 is 1.04 bits per heavy atom. The van der Waals surface area contributed by atoms with Gasteiger partial charge < -0.3 is 10.0 Å². The van der Waals surface area contributed by atoms with Crippen LogP contribution in [0, 0.1) is 0 Å². The van der Waals surface area contributed by atoms with E-state index < -0.39 is 10.0 Å². The molecule has 1 amide bonds. The second kappa shape index (κ2) is 7.97. The lowest BCUT2D eigenvalue weighted by atomic mass is 10.1. The van der Waals surface area contributed by atoms with E-state index >= 15 is 0 Å². The largest absolute Gasteiger partial charge is 0.507 e. The van der Waals surface area contributed by atoms with Gasteiger partial charge in [0.2, 0.25) is 10.0 Å². The molecule has 0 aromatic heterocycles. The van der Waals surface area contributed by atoms with Crippen LogP contribution in [-0.4, -0.2) is 54.8 Å². The van der Waals surface area contributed by atoms with Crippen LogP contribution >= 0.6 is 39.1 Å². The number of rotatable bonds is 3. The van der Waals surface area contributed by atoms with Gasteiger partial charge in [-0.1, -0.05) is 45.2 Å². The van der Waals surface area contributed by atoms with E-state index in [1.807, 2.05) is 0 Å². The van der Waals surface area contributed by atoms with Crippen molar-refractivity contribution in [3.05, 3.63) is 56.5 Å². The van der Waals surface area contributed by atoms with Crippen LogP contribution in [0.25, 0.3) is 0 Å². The first-order valence-electron chi connectivity index (χ1n) is 7.94. The van der Waals surface area contributed by atoms with Crippen LogP contribution < -0.4 is 0 Å². The number of carbonyl (C=O) groups excluding carboxylic acids is 1. The minimum atomic E-state index is -3.88. The van der Waals surface area contributed by atoms with E-state index in [0.717, 1.165) is 0 Å². The molecule has 1 aliphatic rings. The summed E-state index contributed by atoms with van der Waals surface area (Å²) in [5.41, 5.74) is 0.162. The van der Waals surface area contributed by atoms with E-state index in [4.69, 9.17) is 23.2 Å². The first-order valence-corrected chi connectivity index (χ1v) is 10.9. The molecule has 1 saturated heterocycles. The molecule has 0 bridgehead atoms. The predicted molar refractivity (Wildman–Crippen MR) is 107 cm³/mol. The van der Waals surface area contributed by atoms with Crippen molar-refractivity contribution >= 4 is 55.1 Å². The average molecular weight is 494 g/mol. The molecule has 0 aliphatic carbocycles. The molecular weight excluding hydrogens is 479 g/mol. The maximum absolute atomic E-state index is 12.9. The highest BCUT2D eigenvalue weighted by Crippen LogP contribution is 2.32. The summed E-state index contributed by atoms with van der Waals surface area (Å²) in [5.74, 6) is -0.484. The van der Waals surface area contributed by atoms with Crippen LogP contribution in [0.4, 0.5) is 0 Å². The number of sulfonamides is 1. The van der Waals surface area contributed by atoms with Crippen molar-refractivity contribution < 1.29 is 18.3 Å². The standard InChI is InChI=1S/C17H15BrCl2N2O4S/c18-11-4-5-15(23)12(10-11)17(24)21-6-8-22(9-7-21)27(25,26)16-13(19)2-1-3-14(16)20/h1-5,10,23H,6-9H2. The zero-order valence-corrected chi connectivity index (χ0v) is 17.8. The number of hydrogen-bond donors (Lipinski definition) is 1. The fourth-order valence-corrected chi connectivity index (χ4v) is 5.71. The van der Waals surface area contributed by atoms with E-state index in [1.165, 1.54) is 33.5 Å². The highest BCUT2D eigenvalue weighted by Gasteiger charge is 2.33. The van der Waals surface area contributed by atoms with Gasteiger partial charge in [-0.3, -0.25) is 4.79 Å². The van der Waals surface area contributed by atoms with Gasteiger partial charge in [-0.15, -0.1) is 0 Å². The quantitative estimate of drug-likeness (QED) is 0.708. The molecule has 144 valence electrons. The summed E-state index contributed by atoms with van der Waals surface area (Å²) in [7, 11) is -3.88. The smallest absolute Gasteiger partial charge is 0.257 e. The molecule has 27 heavy (non-hydrogen) atoms. The van der Waals surface area contributed by atoms with Crippen LogP contribution in [0.15, 0.2) is 45.8 Å². The van der Waals surface area contributed by atoms with Crippen LogP contribution in [0.2, 0.25) is 10.0 Å². The lowest BCUT2D eigenvalue weighted by Crippen LogP contribution is -2.50. The Morgan fingerprint density at radius 2 is 1.63 bits per heavy atom. The number of hydrogen-bond acceptors (Lipinski definition) is 4. The molecule has 1 heterocycles. The van der Waals surface area contributed by atoms with Crippen LogP contribution in [0.3, 0.4) is 0 Å². The van der Waals surface area contributed by atoms with Crippen molar-refractivity contribution in [2.45, 2.75) is 4.90 Å². The van der Waals surface area contributed by atoms with Crippen molar-refractivity contribution in [2.75, 3.05) is 26.2 Å². The van der Waals surface area contributed by atoms with Crippen LogP contribution in [-0.2, 0) is 10.0 Å². The third-order valence-electron chi connectivity index (χ3n) is 4.23. The zero-order chi connectivity index (χ0) is 19.8. The summed E-state index contributed by atoms with van der Waals surface area (Å²) < 4.78 is 27.7. The molecule has 6 nitrogen and oxygen atoms in total. The molecule has 2 aromatic rings. The summed E-state index contributed by atoms with van der Waals surface area (Å²) >= 11 is 15.3. The Bertz CT molecular complexity index is 972. The molecule has 1 fully saturated rings. The normalized spacial score (nSPS) is 15.7. The van der Waals surface area contributed by atoms with Gasteiger partial charge in [-0.25, -0.2) is 8.42 Å². The lowest BCUT2D eigenvalue weighted by Gasteiger charge is -2.34. The highest BCUT2D eigenvalue weighted by atomic mass is 79.9. The summed E-state index contributed by atoms with van der Waals surface area (Å²) in [6.45, 7) is 0.576. The van der Waals surface area contributed by atoms with Crippen LogP contribution in [0.1, 0.15) is 10.4 Å². The summed E-state index contributed by atoms with van der Waals surface area (Å²) in [6.07, 6.45) is 0. The molecule has 1 N–H and O–H groups in total. The van der Waals surface area contributed by atoms with E-state index in [-0.39, 0.29) is 58.3 Å². The second-order valence-corrected chi connectivity index (χ2v) is 9.51. The fraction of sp³-hybridized carbons (Fsp3) is 0.235. The van der Waals surface area contributed by atoms with Gasteiger partial charge in [0.15, 0.2) is 0 Å². The Kier molecular flexibility index (Phi) is 6.02. The molecule has 0 unspecified atom stereocenters. The fourth-order valence-electron chi connectivity index (χ4n) is 2.84. The minimum Gasteiger partial charge on any atom is -0.507 e. The summed E-state index contributed by atoms with van der Waals surface area (Å²) in [6, 6.07) is 9.10. The Balaban J connectivity index is 1.77. The highest BCUT2D eigenvalue weighted by molar-refractivity contribution is 9.10. The number of phenolic OH excluding ortho intramolecular Hbond substituents is 1. The van der Waals surface area contributed by atoms with E-state index in [1.54, 1.807) is 12.1 Å². The second-order valence-electron chi connectivity index (χ2n) is 5.91. The predicted octanol–water partition coefficient (Wildman–Crippen LogP) is 3.61. The van der Waals surface area contributed by atoms with Crippen molar-refractivity contribution in [1.82, 2.24) is 9.21 Å². The first-order chi connectivity index (χ1) is 12.7. The van der Waals surface area contributed by atoms with Crippen molar-refractivity contribution in [1.29, 1.82) is 0 Å². The lowest BCUT2D eigenvalue weighted by molar-refractivity contribution is 0.0695. The number of amides is 1. The van der Waals surface area contributed by atoms with Crippen molar-refractivity contribution in [2.24, 2.45) is 0 Å². The molecule has 0 radical (unpaired) electrons. The van der Waals surface area contributed by atoms with Crippen molar-refractivity contribution in [3.8, 4) is 5.75 Å². The molecule has 0 atom stereocenters. The Labute approximate surface area is 175 Å². The molecule has 2 aromatic carbocycles. The summed E-state index contributed by atoms with van der Waals surface area (Å²) in [5, 5.41) is 10.0. The van der Waals surface area contributed by atoms with Gasteiger partial charge in [-0.05, 0) is 30.3 Å². The number of benzene rings is 2. The molecule has 10 heteroatoms. The Hall–Kier alpha value is -1.32. The molecule has 0 spiro atoms. The first kappa shape index (κ1) is 20.4. The van der Waals surface area contributed by atoms with E-state index in [9.17, 15) is 18.3 Å². The third kappa shape index (κ3) is 4.09. The number of piperazine rings is 1. The number of halogens is 3. The number of carbonyl (C=O) groups is 1. The van der Waals surface area contributed by atoms with Gasteiger partial charge in [0.25, 0.3) is 5.91 Å². The maximum Gasteiger partial charge on any atom is 0.257 e. The van der Waals surface area contributed by atoms with E-state index in [2.05, 4.69) is 15.9 Å². The van der Waals surface area contributed by atoms with Gasteiger partial charge in [0, 0.05) is 30.7 Å². The van der Waals surface area contributed by atoms with Gasteiger partial charge in [0.05, 0.1) is 15.6 Å². The van der Waals surface area contributed by atoms with E-state index in [0.29, 0.717) is 4.47 Å². The number of aromatic hydroxyl groups is 1. The summed E-state index contributed by atoms with van der Waals surface area (Å²) in [4.78, 5) is 14.0. The monoisotopic (exact) mass is 492 g/mol. The molecular formula is C17H15BrCl2N2O4S.